The summed E-state index contributed by atoms with van der Waals surface area (Å²) in [6.45, 7) is 2.12. The first kappa shape index (κ1) is 8.04. The zero-order valence-corrected chi connectivity index (χ0v) is 8.40. The molecular formula is C12H14N2. The van der Waals surface area contributed by atoms with Crippen molar-refractivity contribution in [3.63, 3.8) is 0 Å². The second-order valence-electron chi connectivity index (χ2n) is 4.19. The molecule has 0 radical (unpaired) electrons. The van der Waals surface area contributed by atoms with Gasteiger partial charge in [0.2, 0.25) is 0 Å². The third-order valence-corrected chi connectivity index (χ3v) is 3.24. The van der Waals surface area contributed by atoms with E-state index in [0.717, 1.165) is 11.6 Å². The van der Waals surface area contributed by atoms with Gasteiger partial charge in [-0.2, -0.15) is 0 Å². The summed E-state index contributed by atoms with van der Waals surface area (Å²) < 4.78 is 2.19. The van der Waals surface area contributed by atoms with Crippen molar-refractivity contribution in [3.8, 4) is 0 Å². The van der Waals surface area contributed by atoms with Gasteiger partial charge in [-0.05, 0) is 31.9 Å². The maximum Gasteiger partial charge on any atom is 0.137 e. The standard InChI is InChI=1S/C12H14N2/c1-9-4-2-7-12-13-11(8-14(9)12)10-5-3-6-10/h2,4,7-8,10H,3,5-6H2,1H3. The molecule has 1 saturated carbocycles. The van der Waals surface area contributed by atoms with E-state index < -0.39 is 0 Å². The molecule has 0 spiro atoms. The van der Waals surface area contributed by atoms with Crippen molar-refractivity contribution in [2.24, 2.45) is 0 Å². The number of aromatic nitrogens is 2. The maximum atomic E-state index is 4.66. The van der Waals surface area contributed by atoms with Gasteiger partial charge in [0.1, 0.15) is 5.65 Å². The van der Waals surface area contributed by atoms with Crippen LogP contribution in [-0.4, -0.2) is 9.38 Å². The number of pyridine rings is 1. The molecule has 0 atom stereocenters. The van der Waals surface area contributed by atoms with Crippen molar-refractivity contribution >= 4 is 5.65 Å². The fraction of sp³-hybridized carbons (Fsp3) is 0.417. The summed E-state index contributed by atoms with van der Waals surface area (Å²) in [5.74, 6) is 0.731. The Balaban J connectivity index is 2.15. The quantitative estimate of drug-likeness (QED) is 0.669. The van der Waals surface area contributed by atoms with Gasteiger partial charge < -0.3 is 4.40 Å². The molecule has 0 N–H and O–H groups in total. The minimum absolute atomic E-state index is 0.731. The molecule has 2 aromatic heterocycles. The molecule has 0 saturated heterocycles. The molecule has 0 unspecified atom stereocenters. The van der Waals surface area contributed by atoms with Crippen molar-refractivity contribution in [2.45, 2.75) is 32.1 Å². The summed E-state index contributed by atoms with van der Waals surface area (Å²) in [5, 5.41) is 0. The molecule has 2 aromatic rings. The number of hydrogen-bond acceptors (Lipinski definition) is 1. The third kappa shape index (κ3) is 1.07. The third-order valence-electron chi connectivity index (χ3n) is 3.24. The number of fused-ring (bicyclic) bond motifs is 1. The highest BCUT2D eigenvalue weighted by molar-refractivity contribution is 5.42. The van der Waals surface area contributed by atoms with E-state index in [1.165, 1.54) is 30.7 Å². The van der Waals surface area contributed by atoms with Gasteiger partial charge in [-0.1, -0.05) is 12.5 Å². The molecule has 1 fully saturated rings. The van der Waals surface area contributed by atoms with Crippen molar-refractivity contribution < 1.29 is 0 Å². The first-order valence-electron chi connectivity index (χ1n) is 5.29. The number of nitrogens with zero attached hydrogens (tertiary/aromatic N) is 2. The first-order chi connectivity index (χ1) is 6.84. The van der Waals surface area contributed by atoms with E-state index >= 15 is 0 Å². The topological polar surface area (TPSA) is 17.3 Å². The molecule has 1 aliphatic carbocycles. The van der Waals surface area contributed by atoms with Crippen LogP contribution >= 0.6 is 0 Å². The van der Waals surface area contributed by atoms with Crippen LogP contribution in [0.5, 0.6) is 0 Å². The number of hydrogen-bond donors (Lipinski definition) is 0. The van der Waals surface area contributed by atoms with Gasteiger partial charge in [-0.3, -0.25) is 0 Å². The lowest BCUT2D eigenvalue weighted by molar-refractivity contribution is 0.412. The van der Waals surface area contributed by atoms with Gasteiger partial charge in [0.05, 0.1) is 5.69 Å². The normalized spacial score (nSPS) is 17.2. The lowest BCUT2D eigenvalue weighted by Gasteiger charge is -2.22. The summed E-state index contributed by atoms with van der Waals surface area (Å²) in [4.78, 5) is 4.66. The van der Waals surface area contributed by atoms with Crippen LogP contribution in [0.1, 0.15) is 36.6 Å². The Morgan fingerprint density at radius 2 is 2.21 bits per heavy atom. The highest BCUT2D eigenvalue weighted by Crippen LogP contribution is 2.35. The average molecular weight is 186 g/mol. The van der Waals surface area contributed by atoms with E-state index in [4.69, 9.17) is 0 Å². The fourth-order valence-electron chi connectivity index (χ4n) is 2.07. The molecule has 2 heteroatoms. The van der Waals surface area contributed by atoms with Crippen LogP contribution in [0.3, 0.4) is 0 Å². The summed E-state index contributed by atoms with van der Waals surface area (Å²) in [7, 11) is 0. The molecule has 0 aliphatic heterocycles. The fourth-order valence-corrected chi connectivity index (χ4v) is 2.07. The van der Waals surface area contributed by atoms with Crippen LogP contribution in [0.25, 0.3) is 5.65 Å². The minimum Gasteiger partial charge on any atom is -0.304 e. The predicted molar refractivity (Wildman–Crippen MR) is 56.5 cm³/mol. The summed E-state index contributed by atoms with van der Waals surface area (Å²) in [5.41, 5.74) is 3.64. The highest BCUT2D eigenvalue weighted by atomic mass is 15.0. The van der Waals surface area contributed by atoms with Crippen LogP contribution in [0.4, 0.5) is 0 Å². The van der Waals surface area contributed by atoms with Gasteiger partial charge in [0, 0.05) is 17.8 Å². The van der Waals surface area contributed by atoms with E-state index in [-0.39, 0.29) is 0 Å². The molecule has 0 aromatic carbocycles. The molecule has 2 nitrogen and oxygen atoms in total. The number of aryl methyl sites for hydroxylation is 1. The van der Waals surface area contributed by atoms with Gasteiger partial charge in [-0.15, -0.1) is 0 Å². The Hall–Kier alpha value is -1.31. The Morgan fingerprint density at radius 3 is 2.86 bits per heavy atom. The smallest absolute Gasteiger partial charge is 0.137 e. The van der Waals surface area contributed by atoms with E-state index in [1.54, 1.807) is 0 Å². The first-order valence-corrected chi connectivity index (χ1v) is 5.29. The van der Waals surface area contributed by atoms with Crippen molar-refractivity contribution in [3.05, 3.63) is 35.8 Å². The Morgan fingerprint density at radius 1 is 1.36 bits per heavy atom. The number of rotatable bonds is 1. The van der Waals surface area contributed by atoms with Crippen LogP contribution < -0.4 is 0 Å². The molecule has 1 aliphatic rings. The summed E-state index contributed by atoms with van der Waals surface area (Å²) in [6, 6.07) is 6.27. The summed E-state index contributed by atoms with van der Waals surface area (Å²) >= 11 is 0. The largest absolute Gasteiger partial charge is 0.304 e. The SMILES string of the molecule is Cc1cccc2nc(C3CCC3)cn12. The van der Waals surface area contributed by atoms with Gasteiger partial charge in [0.25, 0.3) is 0 Å². The molecule has 3 rings (SSSR count). The number of imidazole rings is 1. The molecule has 0 bridgehead atoms. The van der Waals surface area contributed by atoms with Crippen molar-refractivity contribution in [1.82, 2.24) is 9.38 Å². The van der Waals surface area contributed by atoms with Gasteiger partial charge >= 0.3 is 0 Å². The maximum absolute atomic E-state index is 4.66. The van der Waals surface area contributed by atoms with Gasteiger partial charge in [0.15, 0.2) is 0 Å². The molecule has 14 heavy (non-hydrogen) atoms. The lowest BCUT2D eigenvalue weighted by atomic mass is 9.83. The van der Waals surface area contributed by atoms with E-state index in [2.05, 4.69) is 40.7 Å². The van der Waals surface area contributed by atoms with E-state index in [0.29, 0.717) is 0 Å². The molecular weight excluding hydrogens is 172 g/mol. The predicted octanol–water partition coefficient (Wildman–Crippen LogP) is 2.91. The highest BCUT2D eigenvalue weighted by Gasteiger charge is 2.22. The van der Waals surface area contributed by atoms with Crippen molar-refractivity contribution in [2.75, 3.05) is 0 Å². The van der Waals surface area contributed by atoms with Crippen LogP contribution in [0, 0.1) is 6.92 Å². The zero-order valence-electron chi connectivity index (χ0n) is 8.40. The second kappa shape index (κ2) is 2.84. The Kier molecular flexibility index (Phi) is 1.63. The zero-order chi connectivity index (χ0) is 9.54. The molecule has 72 valence electrons. The van der Waals surface area contributed by atoms with E-state index in [9.17, 15) is 0 Å². The minimum atomic E-state index is 0.731. The Labute approximate surface area is 83.6 Å². The van der Waals surface area contributed by atoms with Crippen molar-refractivity contribution in [1.29, 1.82) is 0 Å². The summed E-state index contributed by atoms with van der Waals surface area (Å²) in [6.07, 6.45) is 6.22. The van der Waals surface area contributed by atoms with E-state index in [1.807, 2.05) is 0 Å². The molecule has 0 amide bonds. The van der Waals surface area contributed by atoms with Crippen LogP contribution in [0.15, 0.2) is 24.4 Å². The van der Waals surface area contributed by atoms with Crippen LogP contribution in [0.2, 0.25) is 0 Å². The second-order valence-corrected chi connectivity index (χ2v) is 4.19. The molecule has 2 heterocycles. The average Bonchev–Trinajstić information content (AvgIpc) is 2.46. The lowest BCUT2D eigenvalue weighted by Crippen LogP contribution is -2.08. The Bertz CT molecular complexity index is 466. The van der Waals surface area contributed by atoms with Crippen LogP contribution in [-0.2, 0) is 0 Å². The monoisotopic (exact) mass is 186 g/mol. The van der Waals surface area contributed by atoms with Gasteiger partial charge in [-0.25, -0.2) is 4.98 Å².